The van der Waals surface area contributed by atoms with Gasteiger partial charge >= 0.3 is 0 Å². The van der Waals surface area contributed by atoms with E-state index in [0.717, 1.165) is 11.1 Å². The maximum Gasteiger partial charge on any atom is 0.276 e. The van der Waals surface area contributed by atoms with Crippen LogP contribution in [0.1, 0.15) is 12.5 Å². The molecule has 0 unspecified atom stereocenters. The SMILES string of the molecule is CCS(=O)(=O)NC1=CCN(c2ccc(-c3ccccc3C#N)cn2)C1=O. The van der Waals surface area contributed by atoms with Crippen LogP contribution in [-0.2, 0) is 14.8 Å². The zero-order valence-corrected chi connectivity index (χ0v) is 14.8. The average molecular weight is 368 g/mol. The molecule has 0 saturated heterocycles. The highest BCUT2D eigenvalue weighted by Gasteiger charge is 2.28. The molecule has 0 aliphatic carbocycles. The molecule has 1 amide bonds. The van der Waals surface area contributed by atoms with Crippen LogP contribution in [0.2, 0.25) is 0 Å². The second kappa shape index (κ2) is 6.98. The van der Waals surface area contributed by atoms with Crippen LogP contribution in [0.4, 0.5) is 5.82 Å². The molecule has 0 saturated carbocycles. The van der Waals surface area contributed by atoms with Crippen LogP contribution >= 0.6 is 0 Å². The summed E-state index contributed by atoms with van der Waals surface area (Å²) in [5.41, 5.74) is 2.10. The number of hydrogen-bond acceptors (Lipinski definition) is 5. The van der Waals surface area contributed by atoms with E-state index in [-0.39, 0.29) is 18.0 Å². The second-order valence-corrected chi connectivity index (χ2v) is 7.61. The van der Waals surface area contributed by atoms with Crippen molar-refractivity contribution in [2.75, 3.05) is 17.2 Å². The molecule has 2 aromatic rings. The third-order valence-corrected chi connectivity index (χ3v) is 5.27. The molecular formula is C18H16N4O3S. The molecule has 26 heavy (non-hydrogen) atoms. The van der Waals surface area contributed by atoms with Gasteiger partial charge in [0.15, 0.2) is 0 Å². The van der Waals surface area contributed by atoms with E-state index in [4.69, 9.17) is 0 Å². The maximum atomic E-state index is 12.4. The van der Waals surface area contributed by atoms with Gasteiger partial charge in [0.05, 0.1) is 17.4 Å². The Hall–Kier alpha value is -3.18. The number of rotatable bonds is 5. The number of carbonyl (C=O) groups is 1. The Labute approximate surface area is 151 Å². The van der Waals surface area contributed by atoms with E-state index in [1.165, 1.54) is 17.9 Å². The zero-order chi connectivity index (χ0) is 18.7. The minimum absolute atomic E-state index is 0.0348. The van der Waals surface area contributed by atoms with Crippen LogP contribution in [0.25, 0.3) is 11.1 Å². The first-order valence-electron chi connectivity index (χ1n) is 7.93. The van der Waals surface area contributed by atoms with Crippen molar-refractivity contribution >= 4 is 21.7 Å². The first kappa shape index (κ1) is 17.6. The van der Waals surface area contributed by atoms with Gasteiger partial charge in [0.2, 0.25) is 10.0 Å². The number of nitriles is 1. The minimum atomic E-state index is -3.51. The fourth-order valence-electron chi connectivity index (χ4n) is 2.56. The van der Waals surface area contributed by atoms with Gasteiger partial charge in [-0.05, 0) is 31.2 Å². The summed E-state index contributed by atoms with van der Waals surface area (Å²) in [6, 6.07) is 12.8. The Kier molecular flexibility index (Phi) is 4.73. The molecule has 2 heterocycles. The van der Waals surface area contributed by atoms with Crippen molar-refractivity contribution in [2.24, 2.45) is 0 Å². The standard InChI is InChI=1S/C18H16N4O3S/c1-2-26(24,25)21-16-9-10-22(18(16)23)17-8-7-14(12-20-17)15-6-4-3-5-13(15)11-19/h3-9,12,21H,2,10H2,1H3. The van der Waals surface area contributed by atoms with E-state index >= 15 is 0 Å². The Morgan fingerprint density at radius 2 is 2.04 bits per heavy atom. The molecule has 8 heteroatoms. The minimum Gasteiger partial charge on any atom is -0.287 e. The third kappa shape index (κ3) is 3.43. The van der Waals surface area contributed by atoms with Gasteiger partial charge in [-0.15, -0.1) is 0 Å². The normalized spacial score (nSPS) is 14.1. The number of nitrogens with zero attached hydrogens (tertiary/aromatic N) is 3. The highest BCUT2D eigenvalue weighted by Crippen LogP contribution is 2.25. The summed E-state index contributed by atoms with van der Waals surface area (Å²) in [6.07, 6.45) is 3.11. The molecule has 1 aromatic heterocycles. The van der Waals surface area contributed by atoms with Crippen molar-refractivity contribution in [1.29, 1.82) is 5.26 Å². The van der Waals surface area contributed by atoms with E-state index in [1.54, 1.807) is 30.5 Å². The topological polar surface area (TPSA) is 103 Å². The van der Waals surface area contributed by atoms with E-state index in [9.17, 15) is 18.5 Å². The van der Waals surface area contributed by atoms with E-state index in [0.29, 0.717) is 11.4 Å². The van der Waals surface area contributed by atoms with Crippen LogP contribution < -0.4 is 9.62 Å². The van der Waals surface area contributed by atoms with E-state index < -0.39 is 15.9 Å². The summed E-state index contributed by atoms with van der Waals surface area (Å²) < 4.78 is 25.6. The molecule has 7 nitrogen and oxygen atoms in total. The summed E-state index contributed by atoms with van der Waals surface area (Å²) in [7, 11) is -3.51. The molecule has 1 aliphatic heterocycles. The van der Waals surface area contributed by atoms with Crippen LogP contribution in [0.3, 0.4) is 0 Å². The second-order valence-electron chi connectivity index (χ2n) is 5.60. The fourth-order valence-corrected chi connectivity index (χ4v) is 3.21. The number of pyridine rings is 1. The molecule has 0 atom stereocenters. The molecule has 1 aromatic carbocycles. The van der Waals surface area contributed by atoms with Gasteiger partial charge in [0, 0.05) is 23.9 Å². The van der Waals surface area contributed by atoms with Crippen molar-refractivity contribution in [3.05, 3.63) is 59.9 Å². The predicted octanol–water partition coefficient (Wildman–Crippen LogP) is 1.79. The first-order chi connectivity index (χ1) is 12.4. The number of carbonyl (C=O) groups excluding carboxylic acids is 1. The zero-order valence-electron chi connectivity index (χ0n) is 14.0. The molecule has 3 rings (SSSR count). The number of sulfonamides is 1. The molecule has 1 aliphatic rings. The number of amides is 1. The molecule has 132 valence electrons. The van der Waals surface area contributed by atoms with Crippen molar-refractivity contribution < 1.29 is 13.2 Å². The average Bonchev–Trinajstić information content (AvgIpc) is 3.01. The lowest BCUT2D eigenvalue weighted by molar-refractivity contribution is -0.114. The molecular weight excluding hydrogens is 352 g/mol. The van der Waals surface area contributed by atoms with Gasteiger partial charge in [0.1, 0.15) is 11.5 Å². The van der Waals surface area contributed by atoms with Gasteiger partial charge in [-0.25, -0.2) is 13.4 Å². The highest BCUT2D eigenvalue weighted by molar-refractivity contribution is 7.89. The first-order valence-corrected chi connectivity index (χ1v) is 9.58. The van der Waals surface area contributed by atoms with Crippen molar-refractivity contribution in [2.45, 2.75) is 6.92 Å². The van der Waals surface area contributed by atoms with Gasteiger partial charge in [0.25, 0.3) is 5.91 Å². The Balaban J connectivity index is 1.81. The smallest absolute Gasteiger partial charge is 0.276 e. The van der Waals surface area contributed by atoms with E-state index in [1.807, 2.05) is 12.1 Å². The quantitative estimate of drug-likeness (QED) is 0.867. The van der Waals surface area contributed by atoms with Crippen LogP contribution in [-0.4, -0.2) is 31.6 Å². The number of benzene rings is 1. The summed E-state index contributed by atoms with van der Waals surface area (Å²) >= 11 is 0. The summed E-state index contributed by atoms with van der Waals surface area (Å²) in [5.74, 6) is -0.141. The molecule has 0 bridgehead atoms. The van der Waals surface area contributed by atoms with Gasteiger partial charge in [-0.3, -0.25) is 14.4 Å². The summed E-state index contributed by atoms with van der Waals surface area (Å²) in [4.78, 5) is 18.1. The molecule has 0 fully saturated rings. The van der Waals surface area contributed by atoms with Crippen LogP contribution in [0.5, 0.6) is 0 Å². The number of aromatic nitrogens is 1. The predicted molar refractivity (Wildman–Crippen MR) is 97.4 cm³/mol. The lowest BCUT2D eigenvalue weighted by Gasteiger charge is -2.16. The van der Waals surface area contributed by atoms with Gasteiger partial charge < -0.3 is 0 Å². The molecule has 0 spiro atoms. The van der Waals surface area contributed by atoms with Gasteiger partial charge in [-0.2, -0.15) is 5.26 Å². The lowest BCUT2D eigenvalue weighted by Crippen LogP contribution is -2.34. The highest BCUT2D eigenvalue weighted by atomic mass is 32.2. The van der Waals surface area contributed by atoms with Crippen molar-refractivity contribution in [3.63, 3.8) is 0 Å². The monoisotopic (exact) mass is 368 g/mol. The largest absolute Gasteiger partial charge is 0.287 e. The number of nitrogens with one attached hydrogen (secondary N) is 1. The van der Waals surface area contributed by atoms with Crippen LogP contribution in [0.15, 0.2) is 54.4 Å². The third-order valence-electron chi connectivity index (χ3n) is 3.98. The molecule has 0 radical (unpaired) electrons. The maximum absolute atomic E-state index is 12.4. The van der Waals surface area contributed by atoms with Crippen molar-refractivity contribution in [3.8, 4) is 17.2 Å². The summed E-state index contributed by atoms with van der Waals surface area (Å²) in [5, 5.41) is 9.20. The molecule has 1 N–H and O–H groups in total. The Morgan fingerprint density at radius 3 is 2.69 bits per heavy atom. The Morgan fingerprint density at radius 1 is 1.27 bits per heavy atom. The van der Waals surface area contributed by atoms with E-state index in [2.05, 4.69) is 15.8 Å². The van der Waals surface area contributed by atoms with Crippen LogP contribution in [0, 0.1) is 11.3 Å². The van der Waals surface area contributed by atoms with Gasteiger partial charge in [-0.1, -0.05) is 18.2 Å². The Bertz CT molecular complexity index is 1020. The fraction of sp³-hybridized carbons (Fsp3) is 0.167. The number of hydrogen-bond donors (Lipinski definition) is 1. The van der Waals surface area contributed by atoms with Crippen molar-refractivity contribution in [1.82, 2.24) is 9.71 Å². The number of anilines is 1. The summed E-state index contributed by atoms with van der Waals surface area (Å²) in [6.45, 7) is 1.74. The lowest BCUT2D eigenvalue weighted by atomic mass is 10.0.